The minimum absolute atomic E-state index is 0.216. The zero-order valence-electron chi connectivity index (χ0n) is 14.9. The van der Waals surface area contributed by atoms with Crippen LogP contribution in [0.15, 0.2) is 54.6 Å². The molecular formula is C23H19NO3. The Balaban J connectivity index is 1.38. The lowest BCUT2D eigenvalue weighted by Gasteiger charge is -2.27. The fourth-order valence-corrected chi connectivity index (χ4v) is 4.19. The Hall–Kier alpha value is -2.98. The Morgan fingerprint density at radius 2 is 1.41 bits per heavy atom. The lowest BCUT2D eigenvalue weighted by molar-refractivity contribution is 0.0505. The van der Waals surface area contributed by atoms with Gasteiger partial charge in [0, 0.05) is 16.5 Å². The molecule has 4 heteroatoms. The van der Waals surface area contributed by atoms with E-state index in [0.717, 1.165) is 29.2 Å². The Morgan fingerprint density at radius 3 is 2.04 bits per heavy atom. The van der Waals surface area contributed by atoms with Gasteiger partial charge in [-0.1, -0.05) is 42.5 Å². The van der Waals surface area contributed by atoms with Gasteiger partial charge in [0.1, 0.15) is 0 Å². The van der Waals surface area contributed by atoms with E-state index in [1.807, 2.05) is 54.6 Å². The van der Waals surface area contributed by atoms with Crippen molar-refractivity contribution in [3.05, 3.63) is 82.4 Å². The van der Waals surface area contributed by atoms with Crippen LogP contribution >= 0.6 is 0 Å². The number of ether oxygens (including phenoxy) is 1. The second kappa shape index (κ2) is 6.32. The van der Waals surface area contributed by atoms with E-state index in [9.17, 15) is 9.59 Å². The van der Waals surface area contributed by atoms with Crippen molar-refractivity contribution < 1.29 is 14.3 Å². The average molecular weight is 357 g/mol. The van der Waals surface area contributed by atoms with Crippen molar-refractivity contribution in [3.8, 4) is 0 Å². The van der Waals surface area contributed by atoms with Crippen LogP contribution in [0.5, 0.6) is 0 Å². The second-order valence-corrected chi connectivity index (χ2v) is 7.09. The van der Waals surface area contributed by atoms with Gasteiger partial charge >= 0.3 is 0 Å². The molecule has 0 aromatic heterocycles. The number of aryl methyl sites for hydroxylation is 2. The van der Waals surface area contributed by atoms with Gasteiger partial charge in [0.15, 0.2) is 0 Å². The molecule has 0 fully saturated rings. The number of carbonyl (C=O) groups is 2. The van der Waals surface area contributed by atoms with E-state index >= 15 is 0 Å². The summed E-state index contributed by atoms with van der Waals surface area (Å²) in [7, 11) is 0. The van der Waals surface area contributed by atoms with Crippen LogP contribution in [0.3, 0.4) is 0 Å². The topological polar surface area (TPSA) is 46.6 Å². The van der Waals surface area contributed by atoms with Crippen LogP contribution in [-0.2, 0) is 24.2 Å². The molecule has 27 heavy (non-hydrogen) atoms. The van der Waals surface area contributed by atoms with Crippen molar-refractivity contribution in [2.75, 3.05) is 13.2 Å². The first-order valence-electron chi connectivity index (χ1n) is 9.29. The summed E-state index contributed by atoms with van der Waals surface area (Å²) in [6.07, 6.45) is 1.96. The molecule has 2 aliphatic rings. The van der Waals surface area contributed by atoms with Crippen LogP contribution in [0.1, 0.15) is 37.4 Å². The molecule has 134 valence electrons. The van der Waals surface area contributed by atoms with Crippen molar-refractivity contribution in [1.82, 2.24) is 4.90 Å². The summed E-state index contributed by atoms with van der Waals surface area (Å²) in [5.74, 6) is -0.433. The number of amides is 2. The molecule has 1 aliphatic carbocycles. The molecule has 0 radical (unpaired) electrons. The molecule has 0 saturated heterocycles. The zero-order valence-corrected chi connectivity index (χ0v) is 14.9. The van der Waals surface area contributed by atoms with Crippen molar-refractivity contribution in [2.24, 2.45) is 0 Å². The first-order valence-corrected chi connectivity index (χ1v) is 9.29. The number of carbonyl (C=O) groups excluding carboxylic acids is 2. The highest BCUT2D eigenvalue weighted by atomic mass is 16.5. The third-order valence-electron chi connectivity index (χ3n) is 5.52. The Morgan fingerprint density at radius 1 is 0.778 bits per heavy atom. The molecule has 1 heterocycles. The maximum atomic E-state index is 13.0. The molecule has 0 bridgehead atoms. The van der Waals surface area contributed by atoms with Crippen molar-refractivity contribution in [1.29, 1.82) is 0 Å². The highest BCUT2D eigenvalue weighted by Crippen LogP contribution is 2.38. The van der Waals surface area contributed by atoms with Gasteiger partial charge in [0.2, 0.25) is 0 Å². The second-order valence-electron chi connectivity index (χ2n) is 7.09. The molecule has 0 unspecified atom stereocenters. The molecule has 1 aliphatic heterocycles. The maximum absolute atomic E-state index is 13.0. The van der Waals surface area contributed by atoms with Gasteiger partial charge in [0.25, 0.3) is 11.8 Å². The molecule has 0 saturated carbocycles. The van der Waals surface area contributed by atoms with Crippen LogP contribution in [0, 0.1) is 0 Å². The van der Waals surface area contributed by atoms with Gasteiger partial charge in [-0.2, -0.15) is 0 Å². The summed E-state index contributed by atoms with van der Waals surface area (Å²) in [6, 6.07) is 17.7. The van der Waals surface area contributed by atoms with E-state index in [-0.39, 0.29) is 18.4 Å². The van der Waals surface area contributed by atoms with Crippen LogP contribution < -0.4 is 0 Å². The molecule has 0 atom stereocenters. The summed E-state index contributed by atoms with van der Waals surface area (Å²) in [4.78, 5) is 27.3. The first-order chi connectivity index (χ1) is 13.2. The predicted molar refractivity (Wildman–Crippen MR) is 103 cm³/mol. The van der Waals surface area contributed by atoms with Gasteiger partial charge < -0.3 is 4.74 Å². The number of hydrogen-bond donors (Lipinski definition) is 0. The van der Waals surface area contributed by atoms with Gasteiger partial charge in [0.05, 0.1) is 19.8 Å². The third kappa shape index (κ3) is 2.56. The largest absolute Gasteiger partial charge is 0.375 e. The molecule has 5 rings (SSSR count). The Labute approximate surface area is 157 Å². The number of imide groups is 1. The molecule has 3 aromatic carbocycles. The normalized spacial score (nSPS) is 15.0. The standard InChI is InChI=1S/C23H19NO3/c25-22-18-10-8-16-6-7-17-9-11-19(21(18)20(16)17)23(26)24(22)12-13-27-14-15-4-2-1-3-5-15/h1-5,8-11H,6-7,12-14H2. The summed E-state index contributed by atoms with van der Waals surface area (Å²) < 4.78 is 5.68. The van der Waals surface area contributed by atoms with Gasteiger partial charge in [-0.15, -0.1) is 0 Å². The summed E-state index contributed by atoms with van der Waals surface area (Å²) in [5, 5.41) is 1.96. The highest BCUT2D eigenvalue weighted by Gasteiger charge is 2.34. The minimum atomic E-state index is -0.216. The lowest BCUT2D eigenvalue weighted by Crippen LogP contribution is -2.42. The van der Waals surface area contributed by atoms with E-state index in [1.165, 1.54) is 16.0 Å². The van der Waals surface area contributed by atoms with E-state index < -0.39 is 0 Å². The third-order valence-corrected chi connectivity index (χ3v) is 5.52. The minimum Gasteiger partial charge on any atom is -0.375 e. The van der Waals surface area contributed by atoms with Crippen molar-refractivity contribution in [3.63, 3.8) is 0 Å². The Kier molecular flexibility index (Phi) is 3.80. The van der Waals surface area contributed by atoms with Crippen LogP contribution in [0.25, 0.3) is 10.8 Å². The van der Waals surface area contributed by atoms with E-state index in [2.05, 4.69) is 0 Å². The molecule has 0 spiro atoms. The number of rotatable bonds is 5. The number of hydrogen-bond acceptors (Lipinski definition) is 3. The van der Waals surface area contributed by atoms with Crippen molar-refractivity contribution >= 4 is 22.6 Å². The van der Waals surface area contributed by atoms with Crippen molar-refractivity contribution in [2.45, 2.75) is 19.4 Å². The predicted octanol–water partition coefficient (Wildman–Crippen LogP) is 3.75. The van der Waals surface area contributed by atoms with Gasteiger partial charge in [-0.05, 0) is 47.1 Å². The van der Waals surface area contributed by atoms with Crippen LogP contribution in [-0.4, -0.2) is 29.9 Å². The highest BCUT2D eigenvalue weighted by molar-refractivity contribution is 6.26. The molecule has 0 N–H and O–H groups in total. The summed E-state index contributed by atoms with van der Waals surface area (Å²) in [5.41, 5.74) is 4.82. The fraction of sp³-hybridized carbons (Fsp3) is 0.217. The fourth-order valence-electron chi connectivity index (χ4n) is 4.19. The maximum Gasteiger partial charge on any atom is 0.261 e. The molecule has 2 amide bonds. The molecule has 4 nitrogen and oxygen atoms in total. The number of nitrogens with zero attached hydrogens (tertiary/aromatic N) is 1. The summed E-state index contributed by atoms with van der Waals surface area (Å²) >= 11 is 0. The van der Waals surface area contributed by atoms with Gasteiger partial charge in [-0.3, -0.25) is 14.5 Å². The van der Waals surface area contributed by atoms with E-state index in [1.54, 1.807) is 0 Å². The SMILES string of the molecule is O=C1c2ccc3c4c(ccc(c24)C(=O)N1CCOCc1ccccc1)CC3. The molecule has 3 aromatic rings. The van der Waals surface area contributed by atoms with E-state index in [0.29, 0.717) is 24.3 Å². The monoisotopic (exact) mass is 357 g/mol. The Bertz CT molecular complexity index is 1010. The smallest absolute Gasteiger partial charge is 0.261 e. The summed E-state index contributed by atoms with van der Waals surface area (Å²) in [6.45, 7) is 1.05. The number of benzene rings is 3. The zero-order chi connectivity index (χ0) is 18.4. The first kappa shape index (κ1) is 16.2. The van der Waals surface area contributed by atoms with Gasteiger partial charge in [-0.25, -0.2) is 0 Å². The average Bonchev–Trinajstić information content (AvgIpc) is 3.13. The van der Waals surface area contributed by atoms with Crippen LogP contribution in [0.4, 0.5) is 0 Å². The molecular weight excluding hydrogens is 338 g/mol. The quantitative estimate of drug-likeness (QED) is 0.516. The van der Waals surface area contributed by atoms with E-state index in [4.69, 9.17) is 4.74 Å². The lowest BCUT2D eigenvalue weighted by atomic mass is 9.91. The van der Waals surface area contributed by atoms with Crippen LogP contribution in [0.2, 0.25) is 0 Å².